The Morgan fingerprint density at radius 2 is 1.82 bits per heavy atom. The van der Waals surface area contributed by atoms with E-state index in [1.54, 1.807) is 11.3 Å². The van der Waals surface area contributed by atoms with Crippen LogP contribution in [0.15, 0.2) is 36.5 Å². The van der Waals surface area contributed by atoms with Crippen molar-refractivity contribution in [2.75, 3.05) is 0 Å². The number of thiazole rings is 1. The standard InChI is InChI=1S/C14H17NOS/c1-14(2,3)11-9-15-13(17-11)12(16)10-7-5-4-6-8-10/h4-9,12,16H,1-3H3. The van der Waals surface area contributed by atoms with Crippen molar-refractivity contribution >= 4 is 11.3 Å². The van der Waals surface area contributed by atoms with Crippen molar-refractivity contribution in [3.8, 4) is 0 Å². The fraction of sp³-hybridized carbons (Fsp3) is 0.357. The third-order valence-electron chi connectivity index (χ3n) is 2.61. The van der Waals surface area contributed by atoms with Crippen LogP contribution in [0.1, 0.15) is 42.3 Å². The Kier molecular flexibility index (Phi) is 3.31. The lowest BCUT2D eigenvalue weighted by atomic mass is 9.96. The van der Waals surface area contributed by atoms with Gasteiger partial charge in [-0.3, -0.25) is 0 Å². The Morgan fingerprint density at radius 3 is 2.35 bits per heavy atom. The van der Waals surface area contributed by atoms with E-state index >= 15 is 0 Å². The summed E-state index contributed by atoms with van der Waals surface area (Å²) >= 11 is 1.58. The van der Waals surface area contributed by atoms with Gasteiger partial charge in [0.15, 0.2) is 0 Å². The molecule has 0 bridgehead atoms. The summed E-state index contributed by atoms with van der Waals surface area (Å²) in [6.07, 6.45) is 1.25. The van der Waals surface area contributed by atoms with Gasteiger partial charge in [0.05, 0.1) is 0 Å². The Bertz CT molecular complexity index is 484. The number of nitrogens with zero attached hydrogens (tertiary/aromatic N) is 1. The molecule has 1 atom stereocenters. The van der Waals surface area contributed by atoms with Crippen molar-refractivity contribution < 1.29 is 5.11 Å². The summed E-state index contributed by atoms with van der Waals surface area (Å²) in [5.74, 6) is 0. The van der Waals surface area contributed by atoms with E-state index < -0.39 is 6.10 Å². The highest BCUT2D eigenvalue weighted by atomic mass is 32.1. The zero-order chi connectivity index (χ0) is 12.5. The molecule has 0 radical (unpaired) electrons. The van der Waals surface area contributed by atoms with Gasteiger partial charge in [-0.1, -0.05) is 51.1 Å². The molecule has 0 aliphatic carbocycles. The van der Waals surface area contributed by atoms with Gasteiger partial charge in [0.25, 0.3) is 0 Å². The second-order valence-electron chi connectivity index (χ2n) is 5.13. The van der Waals surface area contributed by atoms with Crippen molar-refractivity contribution in [2.45, 2.75) is 32.3 Å². The zero-order valence-electron chi connectivity index (χ0n) is 10.3. The lowest BCUT2D eigenvalue weighted by molar-refractivity contribution is 0.220. The maximum Gasteiger partial charge on any atom is 0.131 e. The van der Waals surface area contributed by atoms with Gasteiger partial charge in [-0.25, -0.2) is 4.98 Å². The lowest BCUT2D eigenvalue weighted by Crippen LogP contribution is -2.07. The summed E-state index contributed by atoms with van der Waals surface area (Å²) in [5.41, 5.74) is 0.981. The maximum absolute atomic E-state index is 10.2. The average Bonchev–Trinajstić information content (AvgIpc) is 2.78. The van der Waals surface area contributed by atoms with Crippen LogP contribution in [0, 0.1) is 0 Å². The monoisotopic (exact) mass is 247 g/mol. The zero-order valence-corrected chi connectivity index (χ0v) is 11.2. The molecule has 17 heavy (non-hydrogen) atoms. The van der Waals surface area contributed by atoms with Crippen molar-refractivity contribution in [2.24, 2.45) is 0 Å². The molecule has 0 fully saturated rings. The molecular formula is C14H17NOS. The van der Waals surface area contributed by atoms with Gasteiger partial charge in [-0.05, 0) is 11.0 Å². The van der Waals surface area contributed by atoms with Crippen LogP contribution in [0.2, 0.25) is 0 Å². The Balaban J connectivity index is 2.27. The molecule has 2 rings (SSSR count). The van der Waals surface area contributed by atoms with Crippen LogP contribution in [0.5, 0.6) is 0 Å². The molecular weight excluding hydrogens is 230 g/mol. The Hall–Kier alpha value is -1.19. The number of aliphatic hydroxyl groups excluding tert-OH is 1. The molecule has 0 aliphatic rings. The number of benzene rings is 1. The number of hydrogen-bond acceptors (Lipinski definition) is 3. The fourth-order valence-electron chi connectivity index (χ4n) is 1.54. The minimum atomic E-state index is -0.614. The van der Waals surface area contributed by atoms with Crippen LogP contribution in [-0.4, -0.2) is 10.1 Å². The van der Waals surface area contributed by atoms with E-state index in [-0.39, 0.29) is 5.41 Å². The third kappa shape index (κ3) is 2.73. The molecule has 3 heteroatoms. The van der Waals surface area contributed by atoms with Crippen LogP contribution in [-0.2, 0) is 5.41 Å². The molecule has 1 unspecified atom stereocenters. The lowest BCUT2D eigenvalue weighted by Gasteiger charge is -2.14. The molecule has 1 N–H and O–H groups in total. The molecule has 90 valence electrons. The first-order valence-corrected chi connectivity index (χ1v) is 6.49. The quantitative estimate of drug-likeness (QED) is 0.880. The van der Waals surface area contributed by atoms with Crippen LogP contribution < -0.4 is 0 Å². The molecule has 1 aromatic carbocycles. The van der Waals surface area contributed by atoms with Crippen LogP contribution in [0.3, 0.4) is 0 Å². The second-order valence-corrected chi connectivity index (χ2v) is 6.19. The van der Waals surface area contributed by atoms with E-state index in [4.69, 9.17) is 0 Å². The molecule has 0 aliphatic heterocycles. The van der Waals surface area contributed by atoms with Crippen molar-refractivity contribution in [3.63, 3.8) is 0 Å². The molecule has 0 spiro atoms. The molecule has 0 saturated carbocycles. The first-order chi connectivity index (χ1) is 7.98. The number of rotatable bonds is 2. The molecule has 1 aromatic heterocycles. The van der Waals surface area contributed by atoms with E-state index in [2.05, 4.69) is 25.8 Å². The molecule has 0 amide bonds. The van der Waals surface area contributed by atoms with Gasteiger partial charge in [-0.15, -0.1) is 11.3 Å². The van der Waals surface area contributed by atoms with Gasteiger partial charge in [0.1, 0.15) is 11.1 Å². The number of aromatic nitrogens is 1. The van der Waals surface area contributed by atoms with Crippen LogP contribution in [0.4, 0.5) is 0 Å². The average molecular weight is 247 g/mol. The summed E-state index contributed by atoms with van der Waals surface area (Å²) in [5, 5.41) is 11.0. The van der Waals surface area contributed by atoms with E-state index in [9.17, 15) is 5.11 Å². The highest BCUT2D eigenvalue weighted by Crippen LogP contribution is 2.32. The topological polar surface area (TPSA) is 33.1 Å². The van der Waals surface area contributed by atoms with Gasteiger partial charge in [0, 0.05) is 11.1 Å². The van der Waals surface area contributed by atoms with Crippen molar-refractivity contribution in [3.05, 3.63) is 52.0 Å². The van der Waals surface area contributed by atoms with Gasteiger partial charge >= 0.3 is 0 Å². The van der Waals surface area contributed by atoms with Gasteiger partial charge in [0.2, 0.25) is 0 Å². The van der Waals surface area contributed by atoms with E-state index in [0.29, 0.717) is 0 Å². The molecule has 0 saturated heterocycles. The normalized spacial score (nSPS) is 13.6. The Morgan fingerprint density at radius 1 is 1.18 bits per heavy atom. The van der Waals surface area contributed by atoms with Crippen molar-refractivity contribution in [1.29, 1.82) is 0 Å². The summed E-state index contributed by atoms with van der Waals surface area (Å²) in [7, 11) is 0. The number of aliphatic hydroxyl groups is 1. The first kappa shape index (κ1) is 12.3. The first-order valence-electron chi connectivity index (χ1n) is 5.67. The SMILES string of the molecule is CC(C)(C)c1cnc(C(O)c2ccccc2)s1. The fourth-order valence-corrected chi connectivity index (χ4v) is 2.53. The van der Waals surface area contributed by atoms with E-state index in [1.165, 1.54) is 4.88 Å². The second kappa shape index (κ2) is 4.59. The minimum absolute atomic E-state index is 0.0896. The minimum Gasteiger partial charge on any atom is -0.381 e. The molecule has 1 heterocycles. The van der Waals surface area contributed by atoms with E-state index in [1.807, 2.05) is 36.5 Å². The van der Waals surface area contributed by atoms with Gasteiger partial charge in [-0.2, -0.15) is 0 Å². The maximum atomic E-state index is 10.2. The smallest absolute Gasteiger partial charge is 0.131 e. The molecule has 2 nitrogen and oxygen atoms in total. The predicted molar refractivity (Wildman–Crippen MR) is 71.3 cm³/mol. The largest absolute Gasteiger partial charge is 0.381 e. The summed E-state index contributed by atoms with van der Waals surface area (Å²) in [6.45, 7) is 6.46. The van der Waals surface area contributed by atoms with Crippen LogP contribution in [0.25, 0.3) is 0 Å². The van der Waals surface area contributed by atoms with Gasteiger partial charge < -0.3 is 5.11 Å². The summed E-state index contributed by atoms with van der Waals surface area (Å²) in [6, 6.07) is 9.64. The third-order valence-corrected chi connectivity index (χ3v) is 4.09. The Labute approximate surface area is 106 Å². The van der Waals surface area contributed by atoms with Crippen molar-refractivity contribution in [1.82, 2.24) is 4.98 Å². The highest BCUT2D eigenvalue weighted by molar-refractivity contribution is 7.11. The molecule has 2 aromatic rings. The number of hydrogen-bond donors (Lipinski definition) is 1. The summed E-state index contributed by atoms with van der Waals surface area (Å²) < 4.78 is 0. The highest BCUT2D eigenvalue weighted by Gasteiger charge is 2.20. The van der Waals surface area contributed by atoms with Crippen LogP contribution >= 0.6 is 11.3 Å². The predicted octanol–water partition coefficient (Wildman–Crippen LogP) is 3.52. The summed E-state index contributed by atoms with van der Waals surface area (Å²) in [4.78, 5) is 5.52. The van der Waals surface area contributed by atoms with E-state index in [0.717, 1.165) is 10.6 Å².